The Hall–Kier alpha value is -0.120. The highest BCUT2D eigenvalue weighted by atomic mass is 16.5. The summed E-state index contributed by atoms with van der Waals surface area (Å²) in [7, 11) is 0. The van der Waals surface area contributed by atoms with E-state index >= 15 is 0 Å². The Morgan fingerprint density at radius 3 is 1.42 bits per heavy atom. The van der Waals surface area contributed by atoms with Gasteiger partial charge in [-0.2, -0.15) is 0 Å². The first-order chi connectivity index (χ1) is 9.41. The van der Waals surface area contributed by atoms with Crippen molar-refractivity contribution in [3.63, 3.8) is 0 Å². The summed E-state index contributed by atoms with van der Waals surface area (Å²) in [6.45, 7) is 8.94. The van der Waals surface area contributed by atoms with Gasteiger partial charge >= 0.3 is 0 Å². The minimum Gasteiger partial charge on any atom is -0.379 e. The molecule has 0 amide bonds. The second-order valence-electron chi connectivity index (χ2n) is 4.96. The van der Waals surface area contributed by atoms with E-state index in [-0.39, 0.29) is 0 Å². The normalized spacial score (nSPS) is 11.1. The number of ether oxygens (including phenoxy) is 3. The first-order valence-electron chi connectivity index (χ1n) is 8.15. The Bertz CT molecular complexity index is 135. The number of unbranched alkanes of at least 4 members (excludes halogenated alkanes) is 6. The van der Waals surface area contributed by atoms with Gasteiger partial charge in [0.2, 0.25) is 0 Å². The van der Waals surface area contributed by atoms with Gasteiger partial charge in [0, 0.05) is 13.2 Å². The predicted octanol–water partition coefficient (Wildman–Crippen LogP) is 4.20. The molecule has 0 aromatic carbocycles. The van der Waals surface area contributed by atoms with Crippen molar-refractivity contribution in [2.75, 3.05) is 39.6 Å². The van der Waals surface area contributed by atoms with Crippen molar-refractivity contribution in [2.45, 2.75) is 65.2 Å². The molecule has 0 unspecified atom stereocenters. The number of hydrogen-bond acceptors (Lipinski definition) is 3. The summed E-state index contributed by atoms with van der Waals surface area (Å²) in [5.74, 6) is 0. The lowest BCUT2D eigenvalue weighted by molar-refractivity contribution is 0.0134. The molecule has 3 nitrogen and oxygen atoms in total. The fraction of sp³-hybridized carbons (Fsp3) is 1.00. The lowest BCUT2D eigenvalue weighted by Gasteiger charge is -2.06. The summed E-state index contributed by atoms with van der Waals surface area (Å²) in [5.41, 5.74) is 0. The molecule has 0 rings (SSSR count). The van der Waals surface area contributed by atoms with Crippen LogP contribution in [-0.2, 0) is 14.2 Å². The molecule has 116 valence electrons. The average Bonchev–Trinajstić information content (AvgIpc) is 2.43. The molecule has 0 N–H and O–H groups in total. The Morgan fingerprint density at radius 2 is 0.842 bits per heavy atom. The predicted molar refractivity (Wildman–Crippen MR) is 80.7 cm³/mol. The highest BCUT2D eigenvalue weighted by Gasteiger charge is 1.93. The van der Waals surface area contributed by atoms with Crippen LogP contribution in [0.3, 0.4) is 0 Å². The van der Waals surface area contributed by atoms with Gasteiger partial charge in [-0.15, -0.1) is 0 Å². The summed E-state index contributed by atoms with van der Waals surface area (Å²) < 4.78 is 16.3. The zero-order chi connectivity index (χ0) is 14.0. The molecule has 0 aromatic rings. The van der Waals surface area contributed by atoms with Crippen LogP contribution in [0.2, 0.25) is 0 Å². The van der Waals surface area contributed by atoms with Crippen molar-refractivity contribution in [1.82, 2.24) is 0 Å². The van der Waals surface area contributed by atoms with Gasteiger partial charge in [-0.1, -0.05) is 52.4 Å². The monoisotopic (exact) mass is 274 g/mol. The van der Waals surface area contributed by atoms with Gasteiger partial charge in [-0.3, -0.25) is 0 Å². The molecule has 0 saturated heterocycles. The molecule has 3 heteroatoms. The maximum absolute atomic E-state index is 5.52. The van der Waals surface area contributed by atoms with Crippen molar-refractivity contribution in [3.8, 4) is 0 Å². The maximum atomic E-state index is 5.52. The molecule has 0 atom stereocenters. The molecule has 0 aliphatic heterocycles. The highest BCUT2D eigenvalue weighted by molar-refractivity contribution is 4.43. The molecule has 0 radical (unpaired) electrons. The standard InChI is InChI=1S/C16H34O3/c1-3-5-7-8-9-10-12-18-14-16-19-15-13-17-11-6-4-2/h3-16H2,1-2H3. The molecule has 19 heavy (non-hydrogen) atoms. The van der Waals surface area contributed by atoms with Gasteiger partial charge in [0.1, 0.15) is 0 Å². The molecule has 0 aromatic heterocycles. The molecule has 0 spiro atoms. The van der Waals surface area contributed by atoms with Crippen LogP contribution >= 0.6 is 0 Å². The quantitative estimate of drug-likeness (QED) is 0.395. The summed E-state index contributed by atoms with van der Waals surface area (Å²) >= 11 is 0. The minimum absolute atomic E-state index is 0.685. The van der Waals surface area contributed by atoms with Gasteiger partial charge in [0.25, 0.3) is 0 Å². The van der Waals surface area contributed by atoms with Crippen molar-refractivity contribution >= 4 is 0 Å². The lowest BCUT2D eigenvalue weighted by atomic mass is 10.1. The van der Waals surface area contributed by atoms with Crippen LogP contribution in [0.15, 0.2) is 0 Å². The van der Waals surface area contributed by atoms with Crippen LogP contribution in [0.25, 0.3) is 0 Å². The smallest absolute Gasteiger partial charge is 0.0701 e. The third-order valence-electron chi connectivity index (χ3n) is 3.03. The summed E-state index contributed by atoms with van der Waals surface area (Å²) in [5, 5.41) is 0. The van der Waals surface area contributed by atoms with E-state index in [0.717, 1.165) is 19.6 Å². The molecule has 0 bridgehead atoms. The summed E-state index contributed by atoms with van der Waals surface area (Å²) in [6, 6.07) is 0. The Balaban J connectivity index is 2.88. The fourth-order valence-electron chi connectivity index (χ4n) is 1.77. The second-order valence-corrected chi connectivity index (χ2v) is 4.96. The van der Waals surface area contributed by atoms with Crippen LogP contribution in [0, 0.1) is 0 Å². The molecule has 0 aliphatic rings. The van der Waals surface area contributed by atoms with Crippen LogP contribution in [0.5, 0.6) is 0 Å². The van der Waals surface area contributed by atoms with E-state index in [1.807, 2.05) is 0 Å². The van der Waals surface area contributed by atoms with Crippen LogP contribution in [0.1, 0.15) is 65.2 Å². The first-order valence-corrected chi connectivity index (χ1v) is 8.15. The van der Waals surface area contributed by atoms with Crippen molar-refractivity contribution in [1.29, 1.82) is 0 Å². The topological polar surface area (TPSA) is 27.7 Å². The molecule has 0 heterocycles. The molecule has 0 fully saturated rings. The number of hydrogen-bond donors (Lipinski definition) is 0. The van der Waals surface area contributed by atoms with E-state index in [2.05, 4.69) is 13.8 Å². The third kappa shape index (κ3) is 17.9. The first kappa shape index (κ1) is 18.9. The Labute approximate surface area is 120 Å². The largest absolute Gasteiger partial charge is 0.379 e. The van der Waals surface area contributed by atoms with Crippen LogP contribution in [0.4, 0.5) is 0 Å². The molecule has 0 aliphatic carbocycles. The van der Waals surface area contributed by atoms with Crippen molar-refractivity contribution < 1.29 is 14.2 Å². The van der Waals surface area contributed by atoms with Gasteiger partial charge in [0.05, 0.1) is 26.4 Å². The van der Waals surface area contributed by atoms with Crippen LogP contribution in [-0.4, -0.2) is 39.6 Å². The molecule has 0 saturated carbocycles. The van der Waals surface area contributed by atoms with E-state index in [0.29, 0.717) is 26.4 Å². The zero-order valence-corrected chi connectivity index (χ0v) is 13.1. The van der Waals surface area contributed by atoms with E-state index in [1.165, 1.54) is 44.9 Å². The third-order valence-corrected chi connectivity index (χ3v) is 3.03. The van der Waals surface area contributed by atoms with E-state index in [9.17, 15) is 0 Å². The van der Waals surface area contributed by atoms with E-state index in [1.54, 1.807) is 0 Å². The fourth-order valence-corrected chi connectivity index (χ4v) is 1.77. The van der Waals surface area contributed by atoms with E-state index < -0.39 is 0 Å². The van der Waals surface area contributed by atoms with E-state index in [4.69, 9.17) is 14.2 Å². The summed E-state index contributed by atoms with van der Waals surface area (Å²) in [4.78, 5) is 0. The van der Waals surface area contributed by atoms with Crippen LogP contribution < -0.4 is 0 Å². The van der Waals surface area contributed by atoms with Gasteiger partial charge in [-0.25, -0.2) is 0 Å². The average molecular weight is 274 g/mol. The zero-order valence-electron chi connectivity index (χ0n) is 13.1. The van der Waals surface area contributed by atoms with Gasteiger partial charge in [0.15, 0.2) is 0 Å². The van der Waals surface area contributed by atoms with Crippen molar-refractivity contribution in [3.05, 3.63) is 0 Å². The van der Waals surface area contributed by atoms with Gasteiger partial charge in [-0.05, 0) is 12.8 Å². The van der Waals surface area contributed by atoms with Crippen molar-refractivity contribution in [2.24, 2.45) is 0 Å². The second kappa shape index (κ2) is 17.9. The highest BCUT2D eigenvalue weighted by Crippen LogP contribution is 2.04. The molecular formula is C16H34O3. The SMILES string of the molecule is CCCCCCCCOCCOCCOCCCC. The Kier molecular flexibility index (Phi) is 17.8. The Morgan fingerprint density at radius 1 is 0.421 bits per heavy atom. The minimum atomic E-state index is 0.685. The number of rotatable bonds is 16. The lowest BCUT2D eigenvalue weighted by Crippen LogP contribution is -2.10. The molecular weight excluding hydrogens is 240 g/mol. The van der Waals surface area contributed by atoms with Gasteiger partial charge < -0.3 is 14.2 Å². The maximum Gasteiger partial charge on any atom is 0.0701 e. The summed E-state index contributed by atoms with van der Waals surface area (Å²) in [6.07, 6.45) is 10.2.